The number of methoxy groups -OCH3 is 1. The number of nitrogens with zero attached hydrogens (tertiary/aromatic N) is 4. The molecule has 1 unspecified atom stereocenters. The van der Waals surface area contributed by atoms with Gasteiger partial charge in [0.15, 0.2) is 0 Å². The van der Waals surface area contributed by atoms with Crippen LogP contribution in [0.4, 0.5) is 11.9 Å². The number of hydrogen-bond donors (Lipinski definition) is 1. The van der Waals surface area contributed by atoms with Gasteiger partial charge in [0, 0.05) is 26.7 Å². The fraction of sp³-hybridized carbons (Fsp3) is 0.750. The quantitative estimate of drug-likeness (QED) is 0.821. The van der Waals surface area contributed by atoms with Crippen molar-refractivity contribution in [3.8, 4) is 6.01 Å². The molecule has 1 aromatic rings. The lowest BCUT2D eigenvalue weighted by Gasteiger charge is -2.17. The molecule has 0 amide bonds. The van der Waals surface area contributed by atoms with Crippen molar-refractivity contribution in [3.05, 3.63) is 0 Å². The Morgan fingerprint density at radius 1 is 1.32 bits per heavy atom. The molecule has 1 N–H and O–H groups in total. The molecule has 0 saturated carbocycles. The Kier molecular flexibility index (Phi) is 4.73. The minimum atomic E-state index is 0.245. The lowest BCUT2D eigenvalue weighted by Crippen LogP contribution is -2.25. The maximum Gasteiger partial charge on any atom is 0.323 e. The highest BCUT2D eigenvalue weighted by atomic mass is 16.5. The van der Waals surface area contributed by atoms with Crippen LogP contribution < -0.4 is 15.0 Å². The highest BCUT2D eigenvalue weighted by Crippen LogP contribution is 2.20. The predicted molar refractivity (Wildman–Crippen MR) is 72.8 cm³/mol. The van der Waals surface area contributed by atoms with Gasteiger partial charge in [-0.3, -0.25) is 0 Å². The van der Waals surface area contributed by atoms with E-state index in [-0.39, 0.29) is 6.10 Å². The molecule has 1 aliphatic heterocycles. The van der Waals surface area contributed by atoms with Crippen molar-refractivity contribution in [1.29, 1.82) is 0 Å². The number of hydrogen-bond acceptors (Lipinski definition) is 7. The third-order valence-electron chi connectivity index (χ3n) is 2.97. The number of ether oxygens (including phenoxy) is 2. The zero-order chi connectivity index (χ0) is 13.7. The molecule has 1 atom stereocenters. The molecule has 0 radical (unpaired) electrons. The van der Waals surface area contributed by atoms with Gasteiger partial charge in [-0.25, -0.2) is 0 Å². The van der Waals surface area contributed by atoms with E-state index < -0.39 is 0 Å². The maximum absolute atomic E-state index is 5.39. The first kappa shape index (κ1) is 13.8. The molecular formula is C12H21N5O2. The Morgan fingerprint density at radius 2 is 2.16 bits per heavy atom. The van der Waals surface area contributed by atoms with Crippen LogP contribution in [0.3, 0.4) is 0 Å². The Bertz CT molecular complexity index is 391. The monoisotopic (exact) mass is 267 g/mol. The lowest BCUT2D eigenvalue weighted by molar-refractivity contribution is 0.121. The molecule has 0 aromatic carbocycles. The summed E-state index contributed by atoms with van der Waals surface area (Å²) < 4.78 is 10.7. The molecule has 106 valence electrons. The first-order chi connectivity index (χ1) is 9.26. The van der Waals surface area contributed by atoms with Crippen LogP contribution in [0.5, 0.6) is 6.01 Å². The molecule has 0 bridgehead atoms. The highest BCUT2D eigenvalue weighted by Gasteiger charge is 2.25. The molecule has 1 saturated heterocycles. The van der Waals surface area contributed by atoms with Crippen molar-refractivity contribution in [1.82, 2.24) is 15.0 Å². The molecule has 19 heavy (non-hydrogen) atoms. The van der Waals surface area contributed by atoms with Crippen LogP contribution in [0.1, 0.15) is 20.3 Å². The summed E-state index contributed by atoms with van der Waals surface area (Å²) in [5.41, 5.74) is 0. The van der Waals surface area contributed by atoms with Gasteiger partial charge in [0.2, 0.25) is 11.9 Å². The van der Waals surface area contributed by atoms with E-state index in [1.54, 1.807) is 7.11 Å². The second kappa shape index (κ2) is 6.51. The van der Waals surface area contributed by atoms with Crippen molar-refractivity contribution >= 4 is 11.9 Å². The molecule has 1 aromatic heterocycles. The van der Waals surface area contributed by atoms with Gasteiger partial charge in [-0.05, 0) is 20.3 Å². The highest BCUT2D eigenvalue weighted by molar-refractivity contribution is 5.39. The minimum absolute atomic E-state index is 0.245. The van der Waals surface area contributed by atoms with Gasteiger partial charge in [-0.2, -0.15) is 15.0 Å². The van der Waals surface area contributed by atoms with Crippen LogP contribution in [0.15, 0.2) is 0 Å². The zero-order valence-electron chi connectivity index (χ0n) is 11.7. The first-order valence-electron chi connectivity index (χ1n) is 6.67. The number of anilines is 2. The van der Waals surface area contributed by atoms with E-state index in [1.807, 2.05) is 13.8 Å². The minimum Gasteiger partial charge on any atom is -0.464 e. The van der Waals surface area contributed by atoms with Crippen LogP contribution >= 0.6 is 0 Å². The first-order valence-corrected chi connectivity index (χ1v) is 6.67. The van der Waals surface area contributed by atoms with Crippen LogP contribution in [-0.2, 0) is 4.74 Å². The molecule has 0 aliphatic carbocycles. The van der Waals surface area contributed by atoms with Crippen LogP contribution in [-0.4, -0.2) is 54.4 Å². The maximum atomic E-state index is 5.39. The number of aromatic nitrogens is 3. The van der Waals surface area contributed by atoms with Crippen LogP contribution in [0, 0.1) is 0 Å². The van der Waals surface area contributed by atoms with Crippen molar-refractivity contribution < 1.29 is 9.47 Å². The van der Waals surface area contributed by atoms with E-state index in [0.717, 1.165) is 26.1 Å². The zero-order valence-corrected chi connectivity index (χ0v) is 11.7. The summed E-state index contributed by atoms with van der Waals surface area (Å²) in [6, 6.07) is 0.365. The van der Waals surface area contributed by atoms with Crippen molar-refractivity contribution in [2.45, 2.75) is 26.4 Å². The number of rotatable bonds is 6. The molecule has 2 heterocycles. The summed E-state index contributed by atoms with van der Waals surface area (Å²) in [6.45, 7) is 6.90. The average molecular weight is 267 g/mol. The fourth-order valence-electron chi connectivity index (χ4n) is 2.02. The lowest BCUT2D eigenvalue weighted by atomic mass is 10.3. The Balaban J connectivity index is 2.18. The van der Waals surface area contributed by atoms with Crippen molar-refractivity contribution in [2.75, 3.05) is 43.6 Å². The largest absolute Gasteiger partial charge is 0.464 e. The van der Waals surface area contributed by atoms with E-state index in [2.05, 4.69) is 25.2 Å². The predicted octanol–water partition coefficient (Wildman–Crippen LogP) is 0.927. The smallest absolute Gasteiger partial charge is 0.323 e. The summed E-state index contributed by atoms with van der Waals surface area (Å²) in [5.74, 6) is 1.20. The van der Waals surface area contributed by atoms with Gasteiger partial charge in [-0.1, -0.05) is 0 Å². The number of nitrogens with one attached hydrogen (secondary N) is 1. The summed E-state index contributed by atoms with van der Waals surface area (Å²) in [7, 11) is 1.73. The Morgan fingerprint density at radius 3 is 2.79 bits per heavy atom. The van der Waals surface area contributed by atoms with Crippen molar-refractivity contribution in [2.24, 2.45) is 0 Å². The van der Waals surface area contributed by atoms with E-state index >= 15 is 0 Å². The molecule has 7 heteroatoms. The average Bonchev–Trinajstić information content (AvgIpc) is 2.88. The third kappa shape index (κ3) is 3.44. The van der Waals surface area contributed by atoms with E-state index in [0.29, 0.717) is 24.5 Å². The van der Waals surface area contributed by atoms with Gasteiger partial charge >= 0.3 is 6.01 Å². The van der Waals surface area contributed by atoms with Crippen LogP contribution in [0.25, 0.3) is 0 Å². The normalized spacial score (nSPS) is 18.7. The van der Waals surface area contributed by atoms with E-state index in [1.165, 1.54) is 0 Å². The van der Waals surface area contributed by atoms with E-state index in [9.17, 15) is 0 Å². The van der Waals surface area contributed by atoms with Crippen LogP contribution in [0.2, 0.25) is 0 Å². The SMILES string of the molecule is CCNc1nc(OCC)nc(N2CCC(OC)C2)n1. The Hall–Kier alpha value is -1.63. The second-order valence-electron chi connectivity index (χ2n) is 4.30. The summed E-state index contributed by atoms with van der Waals surface area (Å²) in [4.78, 5) is 15.1. The van der Waals surface area contributed by atoms with E-state index in [4.69, 9.17) is 9.47 Å². The summed E-state index contributed by atoms with van der Waals surface area (Å²) >= 11 is 0. The van der Waals surface area contributed by atoms with Gasteiger partial charge in [-0.15, -0.1) is 0 Å². The molecule has 7 nitrogen and oxygen atoms in total. The standard InChI is InChI=1S/C12H21N5O2/c1-4-13-10-14-11(16-12(15-10)19-5-2)17-7-6-9(8-17)18-3/h9H,4-8H2,1-3H3,(H,13,14,15,16). The Labute approximate surface area is 113 Å². The topological polar surface area (TPSA) is 72.4 Å². The summed E-state index contributed by atoms with van der Waals surface area (Å²) in [5, 5.41) is 3.10. The summed E-state index contributed by atoms with van der Waals surface area (Å²) in [6.07, 6.45) is 1.23. The molecule has 2 rings (SSSR count). The third-order valence-corrected chi connectivity index (χ3v) is 2.97. The van der Waals surface area contributed by atoms with Gasteiger partial charge in [0.1, 0.15) is 0 Å². The van der Waals surface area contributed by atoms with Gasteiger partial charge in [0.25, 0.3) is 0 Å². The molecular weight excluding hydrogens is 246 g/mol. The second-order valence-corrected chi connectivity index (χ2v) is 4.30. The molecule has 0 spiro atoms. The fourth-order valence-corrected chi connectivity index (χ4v) is 2.02. The molecule has 1 fully saturated rings. The van der Waals surface area contributed by atoms with Gasteiger partial charge < -0.3 is 19.7 Å². The van der Waals surface area contributed by atoms with Crippen molar-refractivity contribution in [3.63, 3.8) is 0 Å². The van der Waals surface area contributed by atoms with Gasteiger partial charge in [0.05, 0.1) is 12.7 Å². The molecule has 1 aliphatic rings.